The number of aromatic nitrogens is 2. The van der Waals surface area contributed by atoms with Crippen molar-refractivity contribution in [3.8, 4) is 5.69 Å². The van der Waals surface area contributed by atoms with Crippen molar-refractivity contribution in [1.82, 2.24) is 24.9 Å². The van der Waals surface area contributed by atoms with Crippen LogP contribution in [0.15, 0.2) is 78.9 Å². The van der Waals surface area contributed by atoms with Crippen LogP contribution in [0.3, 0.4) is 0 Å². The fraction of sp³-hybridized carbons (Fsp3) is 0.368. The van der Waals surface area contributed by atoms with Crippen LogP contribution in [-0.4, -0.2) is 81.9 Å². The monoisotopic (exact) mass is 720 g/mol. The van der Waals surface area contributed by atoms with Crippen LogP contribution >= 0.6 is 0 Å². The summed E-state index contributed by atoms with van der Waals surface area (Å²) in [4.78, 5) is 46.3. The molecule has 0 spiro atoms. The van der Waals surface area contributed by atoms with Crippen molar-refractivity contribution in [2.45, 2.75) is 58.0 Å². The maximum atomic E-state index is 14.5. The molecule has 2 atom stereocenters. The molecule has 2 aliphatic rings. The molecule has 14 heteroatoms. The fourth-order valence-electron chi connectivity index (χ4n) is 6.66. The fourth-order valence-corrected chi connectivity index (χ4v) is 6.66. The number of hydrogen-bond donors (Lipinski definition) is 1. The molecule has 4 aromatic rings. The topological polar surface area (TPSA) is 100 Å². The molecule has 274 valence electrons. The molecule has 1 fully saturated rings. The van der Waals surface area contributed by atoms with Crippen molar-refractivity contribution >= 4 is 23.7 Å². The molecule has 0 bridgehead atoms. The van der Waals surface area contributed by atoms with Crippen molar-refractivity contribution in [2.24, 2.45) is 0 Å². The number of carbonyl (C=O) groups is 3. The summed E-state index contributed by atoms with van der Waals surface area (Å²) in [6.07, 6.45) is -5.08. The first-order valence-electron chi connectivity index (χ1n) is 17.1. The number of nitrogens with zero attached hydrogens (tertiary/aromatic N) is 5. The molecule has 0 aliphatic carbocycles. The predicted molar refractivity (Wildman–Crippen MR) is 186 cm³/mol. The number of anilines is 1. The molecule has 6 rings (SSSR count). The third-order valence-corrected chi connectivity index (χ3v) is 9.09. The van der Waals surface area contributed by atoms with Gasteiger partial charge >= 0.3 is 12.3 Å². The molecule has 2 aliphatic heterocycles. The smallest absolute Gasteiger partial charge is 0.416 e. The Morgan fingerprint density at radius 3 is 2.21 bits per heavy atom. The number of para-hydroxylation sites is 1. The van der Waals surface area contributed by atoms with Gasteiger partial charge in [-0.25, -0.2) is 13.9 Å². The van der Waals surface area contributed by atoms with Gasteiger partial charge in [-0.05, 0) is 75.7 Å². The van der Waals surface area contributed by atoms with Gasteiger partial charge in [0.05, 0.1) is 16.9 Å². The van der Waals surface area contributed by atoms with Crippen LogP contribution in [-0.2, 0) is 22.3 Å². The highest BCUT2D eigenvalue weighted by atomic mass is 19.4. The SMILES string of the molecule is CCN1C(=O)[C@@H](NC(=O)c2cccc(C(F)(F)F)c2)[C@@H](c2ccc(F)cc2)c2c(CN3CCN(C(=O)OC(C)(C)C)CC3)nn(-c3ccccc3)c21. The van der Waals surface area contributed by atoms with Gasteiger partial charge in [0.2, 0.25) is 0 Å². The molecule has 1 saturated heterocycles. The zero-order valence-corrected chi connectivity index (χ0v) is 29.3. The van der Waals surface area contributed by atoms with E-state index in [-0.39, 0.29) is 12.1 Å². The van der Waals surface area contributed by atoms with Gasteiger partial charge in [-0.2, -0.15) is 18.3 Å². The molecule has 1 N–H and O–H groups in total. The van der Waals surface area contributed by atoms with E-state index in [1.807, 2.05) is 51.1 Å². The van der Waals surface area contributed by atoms with Gasteiger partial charge in [-0.1, -0.05) is 36.4 Å². The molecule has 52 heavy (non-hydrogen) atoms. The lowest BCUT2D eigenvalue weighted by Crippen LogP contribution is -2.55. The lowest BCUT2D eigenvalue weighted by Gasteiger charge is -2.39. The summed E-state index contributed by atoms with van der Waals surface area (Å²) in [7, 11) is 0. The van der Waals surface area contributed by atoms with Gasteiger partial charge in [0.25, 0.3) is 11.8 Å². The Morgan fingerprint density at radius 1 is 0.923 bits per heavy atom. The summed E-state index contributed by atoms with van der Waals surface area (Å²) in [5.74, 6) is -2.30. The van der Waals surface area contributed by atoms with Gasteiger partial charge < -0.3 is 15.0 Å². The number of halogens is 4. The quantitative estimate of drug-likeness (QED) is 0.223. The number of rotatable bonds is 7. The number of hydrogen-bond acceptors (Lipinski definition) is 6. The van der Waals surface area contributed by atoms with Crippen molar-refractivity contribution in [2.75, 3.05) is 37.6 Å². The van der Waals surface area contributed by atoms with Crippen LogP contribution in [0, 0.1) is 5.82 Å². The molecule has 3 heterocycles. The minimum atomic E-state index is -4.68. The van der Waals surface area contributed by atoms with Gasteiger partial charge in [0.1, 0.15) is 23.3 Å². The number of piperazine rings is 1. The average molecular weight is 721 g/mol. The summed E-state index contributed by atoms with van der Waals surface area (Å²) in [6.45, 7) is 9.52. The first kappa shape index (κ1) is 36.5. The minimum Gasteiger partial charge on any atom is -0.444 e. The van der Waals surface area contributed by atoms with Gasteiger partial charge in [-0.3, -0.25) is 19.4 Å². The second-order valence-electron chi connectivity index (χ2n) is 13.8. The molecular weight excluding hydrogens is 680 g/mol. The maximum Gasteiger partial charge on any atom is 0.416 e. The van der Waals surface area contributed by atoms with E-state index in [9.17, 15) is 31.9 Å². The van der Waals surface area contributed by atoms with Crippen molar-refractivity contribution < 1.29 is 36.7 Å². The maximum absolute atomic E-state index is 14.5. The second-order valence-corrected chi connectivity index (χ2v) is 13.8. The zero-order chi connectivity index (χ0) is 37.4. The third-order valence-electron chi connectivity index (χ3n) is 9.09. The van der Waals surface area contributed by atoms with E-state index in [4.69, 9.17) is 9.84 Å². The highest BCUT2D eigenvalue weighted by molar-refractivity contribution is 6.05. The average Bonchev–Trinajstić information content (AvgIpc) is 3.47. The Morgan fingerprint density at radius 2 is 1.60 bits per heavy atom. The van der Waals surface area contributed by atoms with Crippen LogP contribution in [0.25, 0.3) is 5.69 Å². The Hall–Kier alpha value is -5.24. The number of carbonyl (C=O) groups excluding carboxylic acids is 3. The summed E-state index contributed by atoms with van der Waals surface area (Å²) in [6, 6.07) is 17.5. The van der Waals surface area contributed by atoms with Crippen molar-refractivity contribution in [1.29, 1.82) is 0 Å². The normalized spacial score (nSPS) is 18.3. The lowest BCUT2D eigenvalue weighted by molar-refractivity contribution is -0.137. The molecule has 1 aromatic heterocycles. The van der Waals surface area contributed by atoms with Gasteiger partial charge in [0.15, 0.2) is 0 Å². The first-order valence-corrected chi connectivity index (χ1v) is 17.1. The van der Waals surface area contributed by atoms with E-state index in [0.29, 0.717) is 61.0 Å². The van der Waals surface area contributed by atoms with Crippen LogP contribution in [0.1, 0.15) is 66.4 Å². The molecule has 0 unspecified atom stereocenters. The number of alkyl halides is 3. The summed E-state index contributed by atoms with van der Waals surface area (Å²) < 4.78 is 62.3. The molecule has 0 radical (unpaired) electrons. The van der Waals surface area contributed by atoms with E-state index in [0.717, 1.165) is 18.2 Å². The number of amides is 3. The van der Waals surface area contributed by atoms with E-state index in [1.165, 1.54) is 35.2 Å². The van der Waals surface area contributed by atoms with Crippen molar-refractivity contribution in [3.63, 3.8) is 0 Å². The number of ether oxygens (including phenoxy) is 1. The largest absolute Gasteiger partial charge is 0.444 e. The summed E-state index contributed by atoms with van der Waals surface area (Å²) in [5.41, 5.74) is 0.477. The number of likely N-dealkylation sites (N-methyl/N-ethyl adjacent to an activating group) is 1. The number of benzene rings is 3. The van der Waals surface area contributed by atoms with Crippen LogP contribution in [0.4, 0.5) is 28.2 Å². The van der Waals surface area contributed by atoms with E-state index in [1.54, 1.807) is 16.5 Å². The van der Waals surface area contributed by atoms with Gasteiger partial charge in [-0.15, -0.1) is 0 Å². The Bertz CT molecular complexity index is 1930. The zero-order valence-electron chi connectivity index (χ0n) is 29.3. The summed E-state index contributed by atoms with van der Waals surface area (Å²) in [5, 5.41) is 7.81. The standard InChI is InChI=1S/C38H40F4N6O4/c1-5-47-34-31(29(44-48(34)28-12-7-6-8-13-28)23-45-18-20-46(21-19-45)36(51)52-37(2,3)4)30(24-14-16-27(39)17-15-24)32(35(47)50)43-33(49)25-10-9-11-26(22-25)38(40,41)42/h6-17,22,30,32H,5,18-21,23H2,1-4H3,(H,43,49)/t30-,32-/m0/s1. The first-order chi connectivity index (χ1) is 24.6. The molecular formula is C38H40F4N6O4. The molecule has 3 amide bonds. The van der Waals surface area contributed by atoms with Crippen LogP contribution < -0.4 is 10.2 Å². The summed E-state index contributed by atoms with van der Waals surface area (Å²) >= 11 is 0. The van der Waals surface area contributed by atoms with Crippen LogP contribution in [0.2, 0.25) is 0 Å². The Kier molecular flexibility index (Phi) is 10.1. The molecule has 0 saturated carbocycles. The molecule has 10 nitrogen and oxygen atoms in total. The predicted octanol–water partition coefficient (Wildman–Crippen LogP) is 6.38. The van der Waals surface area contributed by atoms with E-state index < -0.39 is 53.0 Å². The van der Waals surface area contributed by atoms with E-state index in [2.05, 4.69) is 10.2 Å². The minimum absolute atomic E-state index is 0.185. The van der Waals surface area contributed by atoms with Crippen LogP contribution in [0.5, 0.6) is 0 Å². The van der Waals surface area contributed by atoms with Gasteiger partial charge in [0, 0.05) is 56.3 Å². The van der Waals surface area contributed by atoms with E-state index >= 15 is 0 Å². The Balaban J connectivity index is 1.43. The second kappa shape index (κ2) is 14.4. The highest BCUT2D eigenvalue weighted by Gasteiger charge is 2.46. The molecule has 3 aromatic carbocycles. The Labute approximate surface area is 298 Å². The highest BCUT2D eigenvalue weighted by Crippen LogP contribution is 2.44. The van der Waals surface area contributed by atoms with Crippen molar-refractivity contribution in [3.05, 3.63) is 113 Å². The number of fused-ring (bicyclic) bond motifs is 1. The lowest BCUT2D eigenvalue weighted by atomic mass is 9.80. The third kappa shape index (κ3) is 7.66. The number of nitrogens with one attached hydrogen (secondary N) is 1.